The predicted octanol–water partition coefficient (Wildman–Crippen LogP) is 1.27. The molecular weight excluding hydrogens is 292 g/mol. The molecule has 2 aromatic heterocycles. The topological polar surface area (TPSA) is 70.3 Å². The molecule has 3 aromatic rings. The third-order valence-electron chi connectivity index (χ3n) is 4.19. The average molecular weight is 310 g/mol. The molecule has 0 unspecified atom stereocenters. The third-order valence-corrected chi connectivity index (χ3v) is 4.19. The van der Waals surface area contributed by atoms with Crippen molar-refractivity contribution in [3.8, 4) is 11.4 Å². The molecule has 0 aliphatic carbocycles. The van der Waals surface area contributed by atoms with Crippen LogP contribution in [0.5, 0.6) is 5.75 Å². The van der Waals surface area contributed by atoms with Crippen LogP contribution in [0.3, 0.4) is 0 Å². The molecule has 0 bridgehead atoms. The van der Waals surface area contributed by atoms with Gasteiger partial charge in [-0.05, 0) is 31.3 Å². The molecule has 0 amide bonds. The maximum atomic E-state index is 9.44. The van der Waals surface area contributed by atoms with E-state index in [1.54, 1.807) is 24.7 Å². The summed E-state index contributed by atoms with van der Waals surface area (Å²) in [5, 5.41) is 9.44. The maximum Gasteiger partial charge on any atom is 0.227 e. The number of fused-ring (bicyclic) bond motifs is 1. The minimum absolute atomic E-state index is 0.242. The Bertz CT molecular complexity index is 820. The van der Waals surface area contributed by atoms with Crippen LogP contribution in [-0.4, -0.2) is 62.8 Å². The second-order valence-electron chi connectivity index (χ2n) is 5.80. The van der Waals surface area contributed by atoms with E-state index in [2.05, 4.69) is 26.8 Å². The SMILES string of the molecule is CN1CCN(c2ncc3ncn(-c4ccc(O)cc4)c3n2)CC1. The zero-order chi connectivity index (χ0) is 15.8. The molecule has 7 nitrogen and oxygen atoms in total. The number of phenolic OH excluding ortho intramolecular Hbond substituents is 1. The maximum absolute atomic E-state index is 9.44. The van der Waals surface area contributed by atoms with Crippen molar-refractivity contribution in [3.05, 3.63) is 36.8 Å². The number of hydrogen-bond acceptors (Lipinski definition) is 6. The number of imidazole rings is 1. The monoisotopic (exact) mass is 310 g/mol. The van der Waals surface area contributed by atoms with Gasteiger partial charge in [0.1, 0.15) is 17.6 Å². The second-order valence-corrected chi connectivity index (χ2v) is 5.80. The Balaban J connectivity index is 1.73. The normalized spacial score (nSPS) is 16.1. The van der Waals surface area contributed by atoms with Crippen molar-refractivity contribution >= 4 is 17.1 Å². The van der Waals surface area contributed by atoms with Crippen molar-refractivity contribution < 1.29 is 5.11 Å². The fraction of sp³-hybridized carbons (Fsp3) is 0.312. The van der Waals surface area contributed by atoms with Crippen molar-refractivity contribution in [1.82, 2.24) is 24.4 Å². The van der Waals surface area contributed by atoms with Crippen LogP contribution in [-0.2, 0) is 0 Å². The predicted molar refractivity (Wildman–Crippen MR) is 88.0 cm³/mol. The smallest absolute Gasteiger partial charge is 0.227 e. The van der Waals surface area contributed by atoms with E-state index in [4.69, 9.17) is 4.98 Å². The highest BCUT2D eigenvalue weighted by Gasteiger charge is 2.18. The fourth-order valence-corrected chi connectivity index (χ4v) is 2.76. The number of benzene rings is 1. The molecule has 1 aliphatic heterocycles. The number of nitrogens with zero attached hydrogens (tertiary/aromatic N) is 6. The third kappa shape index (κ3) is 2.59. The molecule has 4 rings (SSSR count). The summed E-state index contributed by atoms with van der Waals surface area (Å²) < 4.78 is 1.91. The summed E-state index contributed by atoms with van der Waals surface area (Å²) in [5.74, 6) is 0.983. The zero-order valence-corrected chi connectivity index (χ0v) is 12.9. The summed E-state index contributed by atoms with van der Waals surface area (Å²) in [6.07, 6.45) is 3.51. The van der Waals surface area contributed by atoms with Gasteiger partial charge in [-0.1, -0.05) is 0 Å². The average Bonchev–Trinajstić information content (AvgIpc) is 2.99. The van der Waals surface area contributed by atoms with Gasteiger partial charge in [-0.15, -0.1) is 0 Å². The number of aromatic hydroxyl groups is 1. The molecule has 1 saturated heterocycles. The minimum Gasteiger partial charge on any atom is -0.508 e. The van der Waals surface area contributed by atoms with Gasteiger partial charge in [-0.2, -0.15) is 4.98 Å². The molecule has 3 heterocycles. The van der Waals surface area contributed by atoms with Gasteiger partial charge in [0.05, 0.1) is 6.20 Å². The molecule has 23 heavy (non-hydrogen) atoms. The van der Waals surface area contributed by atoms with Gasteiger partial charge in [0, 0.05) is 31.9 Å². The van der Waals surface area contributed by atoms with Gasteiger partial charge in [0.2, 0.25) is 5.95 Å². The molecule has 1 aliphatic rings. The van der Waals surface area contributed by atoms with E-state index in [1.807, 2.05) is 16.7 Å². The van der Waals surface area contributed by atoms with Gasteiger partial charge in [0.15, 0.2) is 5.65 Å². The molecule has 118 valence electrons. The van der Waals surface area contributed by atoms with Crippen molar-refractivity contribution in [1.29, 1.82) is 0 Å². The van der Waals surface area contributed by atoms with Crippen LogP contribution in [0.2, 0.25) is 0 Å². The lowest BCUT2D eigenvalue weighted by molar-refractivity contribution is 0.311. The molecule has 0 spiro atoms. The van der Waals surface area contributed by atoms with E-state index in [1.165, 1.54) is 0 Å². The van der Waals surface area contributed by atoms with Crippen LogP contribution in [0.1, 0.15) is 0 Å². The van der Waals surface area contributed by atoms with E-state index in [9.17, 15) is 5.11 Å². The van der Waals surface area contributed by atoms with Gasteiger partial charge in [0.25, 0.3) is 0 Å². The molecule has 0 atom stereocenters. The Labute approximate surface area is 133 Å². The number of phenols is 1. The number of rotatable bonds is 2. The van der Waals surface area contributed by atoms with Gasteiger partial charge < -0.3 is 14.9 Å². The van der Waals surface area contributed by atoms with E-state index in [0.29, 0.717) is 0 Å². The highest BCUT2D eigenvalue weighted by atomic mass is 16.3. The lowest BCUT2D eigenvalue weighted by Gasteiger charge is -2.32. The Kier molecular flexibility index (Phi) is 3.34. The Morgan fingerprint density at radius 1 is 1.00 bits per heavy atom. The van der Waals surface area contributed by atoms with Gasteiger partial charge in [-0.3, -0.25) is 4.57 Å². The first-order chi connectivity index (χ1) is 11.2. The summed E-state index contributed by atoms with van der Waals surface area (Å²) in [6, 6.07) is 7.00. The molecule has 1 N–H and O–H groups in total. The van der Waals surface area contributed by atoms with Crippen LogP contribution < -0.4 is 4.90 Å². The first-order valence-electron chi connectivity index (χ1n) is 7.64. The van der Waals surface area contributed by atoms with Crippen molar-refractivity contribution in [3.63, 3.8) is 0 Å². The number of piperazine rings is 1. The minimum atomic E-state index is 0.242. The highest BCUT2D eigenvalue weighted by Crippen LogP contribution is 2.20. The second kappa shape index (κ2) is 5.51. The summed E-state index contributed by atoms with van der Waals surface area (Å²) >= 11 is 0. The highest BCUT2D eigenvalue weighted by molar-refractivity contribution is 5.73. The summed E-state index contributed by atoms with van der Waals surface area (Å²) in [6.45, 7) is 3.88. The summed E-state index contributed by atoms with van der Waals surface area (Å²) in [5.41, 5.74) is 2.45. The summed E-state index contributed by atoms with van der Waals surface area (Å²) in [4.78, 5) is 18.0. The first kappa shape index (κ1) is 14.0. The lowest BCUT2D eigenvalue weighted by atomic mass is 10.3. The quantitative estimate of drug-likeness (QED) is 0.769. The van der Waals surface area contributed by atoms with E-state index in [0.717, 1.165) is 49.0 Å². The Morgan fingerprint density at radius 2 is 1.74 bits per heavy atom. The van der Waals surface area contributed by atoms with Crippen molar-refractivity contribution in [2.45, 2.75) is 0 Å². The molecule has 0 radical (unpaired) electrons. The number of aromatic nitrogens is 4. The zero-order valence-electron chi connectivity index (χ0n) is 12.9. The van der Waals surface area contributed by atoms with Crippen LogP contribution in [0.25, 0.3) is 16.9 Å². The standard InChI is InChI=1S/C16H18N6O/c1-20-6-8-21(9-7-20)16-17-10-14-15(19-16)22(11-18-14)12-2-4-13(23)5-3-12/h2-5,10-11,23H,6-9H2,1H3. The van der Waals surface area contributed by atoms with Crippen LogP contribution >= 0.6 is 0 Å². The molecular formula is C16H18N6O. The van der Waals surface area contributed by atoms with Gasteiger partial charge >= 0.3 is 0 Å². The lowest BCUT2D eigenvalue weighted by Crippen LogP contribution is -2.45. The largest absolute Gasteiger partial charge is 0.508 e. The molecule has 1 aromatic carbocycles. The van der Waals surface area contributed by atoms with E-state index in [-0.39, 0.29) is 5.75 Å². The number of likely N-dealkylation sites (N-methyl/N-ethyl adjacent to an activating group) is 1. The fourth-order valence-electron chi connectivity index (χ4n) is 2.76. The van der Waals surface area contributed by atoms with Crippen molar-refractivity contribution in [2.24, 2.45) is 0 Å². The van der Waals surface area contributed by atoms with Crippen LogP contribution in [0.15, 0.2) is 36.8 Å². The number of anilines is 1. The summed E-state index contributed by atoms with van der Waals surface area (Å²) in [7, 11) is 2.13. The molecule has 1 fully saturated rings. The first-order valence-corrected chi connectivity index (χ1v) is 7.64. The van der Waals surface area contributed by atoms with Crippen molar-refractivity contribution in [2.75, 3.05) is 38.1 Å². The van der Waals surface area contributed by atoms with Crippen LogP contribution in [0.4, 0.5) is 5.95 Å². The van der Waals surface area contributed by atoms with Crippen LogP contribution in [0, 0.1) is 0 Å². The molecule has 7 heteroatoms. The number of hydrogen-bond donors (Lipinski definition) is 1. The Morgan fingerprint density at radius 3 is 2.48 bits per heavy atom. The van der Waals surface area contributed by atoms with Gasteiger partial charge in [-0.25, -0.2) is 9.97 Å². The Hall–Kier alpha value is -2.67. The molecule has 0 saturated carbocycles. The van der Waals surface area contributed by atoms with E-state index < -0.39 is 0 Å². The van der Waals surface area contributed by atoms with E-state index >= 15 is 0 Å².